The molecule has 0 bridgehead atoms. The van der Waals surface area contributed by atoms with Crippen LogP contribution in [0.15, 0.2) is 35.7 Å². The number of carbonyl (C=O) groups excluding carboxylic acids is 3. The van der Waals surface area contributed by atoms with E-state index >= 15 is 0 Å². The maximum absolute atomic E-state index is 13.0. The van der Waals surface area contributed by atoms with Crippen molar-refractivity contribution in [3.05, 3.63) is 46.2 Å². The van der Waals surface area contributed by atoms with Crippen LogP contribution in [0.3, 0.4) is 0 Å². The molecule has 164 valence electrons. The molecule has 0 spiro atoms. The highest BCUT2D eigenvalue weighted by Crippen LogP contribution is 2.28. The SMILES string of the molecule is NC(=O)c1ccc(NC(=O)C2CCCN(C(=O)c3cccs3)C2)cc1N1CCCCC1. The molecular weight excluding hydrogens is 412 g/mol. The van der Waals surface area contributed by atoms with E-state index in [1.54, 1.807) is 17.0 Å². The van der Waals surface area contributed by atoms with Crippen molar-refractivity contribution in [2.45, 2.75) is 32.1 Å². The lowest BCUT2D eigenvalue weighted by Crippen LogP contribution is -2.43. The maximum atomic E-state index is 13.0. The van der Waals surface area contributed by atoms with Crippen molar-refractivity contribution < 1.29 is 14.4 Å². The fourth-order valence-corrected chi connectivity index (χ4v) is 5.08. The number of likely N-dealkylation sites (tertiary alicyclic amines) is 1. The van der Waals surface area contributed by atoms with Crippen LogP contribution >= 0.6 is 11.3 Å². The summed E-state index contributed by atoms with van der Waals surface area (Å²) in [5.74, 6) is -0.828. The molecule has 2 aliphatic heterocycles. The highest BCUT2D eigenvalue weighted by atomic mass is 32.1. The third-order valence-electron chi connectivity index (χ3n) is 6.04. The van der Waals surface area contributed by atoms with Gasteiger partial charge >= 0.3 is 0 Å². The Morgan fingerprint density at radius 2 is 1.84 bits per heavy atom. The summed E-state index contributed by atoms with van der Waals surface area (Å²) in [6.07, 6.45) is 4.88. The molecule has 4 rings (SSSR count). The first kappa shape index (κ1) is 21.4. The van der Waals surface area contributed by atoms with E-state index in [0.29, 0.717) is 29.2 Å². The predicted molar refractivity (Wildman–Crippen MR) is 123 cm³/mol. The van der Waals surface area contributed by atoms with Gasteiger partial charge in [0.05, 0.1) is 22.0 Å². The van der Waals surface area contributed by atoms with Gasteiger partial charge in [-0.05, 0) is 61.7 Å². The van der Waals surface area contributed by atoms with E-state index < -0.39 is 5.91 Å². The number of piperidine rings is 2. The van der Waals surface area contributed by atoms with Gasteiger partial charge in [-0.1, -0.05) is 6.07 Å². The van der Waals surface area contributed by atoms with Gasteiger partial charge in [-0.25, -0.2) is 0 Å². The van der Waals surface area contributed by atoms with Crippen molar-refractivity contribution in [1.82, 2.24) is 4.90 Å². The molecule has 1 atom stereocenters. The minimum Gasteiger partial charge on any atom is -0.371 e. The maximum Gasteiger partial charge on any atom is 0.263 e. The number of primary amides is 1. The van der Waals surface area contributed by atoms with Gasteiger partial charge in [0.15, 0.2) is 0 Å². The number of nitrogens with zero attached hydrogens (tertiary/aromatic N) is 2. The van der Waals surface area contributed by atoms with Gasteiger partial charge in [-0.3, -0.25) is 14.4 Å². The number of hydrogen-bond donors (Lipinski definition) is 2. The van der Waals surface area contributed by atoms with Gasteiger partial charge in [0.25, 0.3) is 11.8 Å². The quantitative estimate of drug-likeness (QED) is 0.745. The number of amides is 3. The summed E-state index contributed by atoms with van der Waals surface area (Å²) in [5, 5.41) is 4.88. The van der Waals surface area contributed by atoms with Crippen LogP contribution < -0.4 is 16.0 Å². The summed E-state index contributed by atoms with van der Waals surface area (Å²) in [6.45, 7) is 2.84. The Kier molecular flexibility index (Phi) is 6.56. The van der Waals surface area contributed by atoms with Crippen molar-refractivity contribution in [3.8, 4) is 0 Å². The highest BCUT2D eigenvalue weighted by molar-refractivity contribution is 7.12. The van der Waals surface area contributed by atoms with Crippen molar-refractivity contribution in [1.29, 1.82) is 0 Å². The number of hydrogen-bond acceptors (Lipinski definition) is 5. The van der Waals surface area contributed by atoms with Gasteiger partial charge in [0.1, 0.15) is 0 Å². The first-order valence-electron chi connectivity index (χ1n) is 10.9. The summed E-state index contributed by atoms with van der Waals surface area (Å²) in [5.41, 5.74) is 7.49. The Hall–Kier alpha value is -2.87. The molecule has 31 heavy (non-hydrogen) atoms. The lowest BCUT2D eigenvalue weighted by molar-refractivity contribution is -0.121. The third-order valence-corrected chi connectivity index (χ3v) is 6.90. The topological polar surface area (TPSA) is 95.7 Å². The minimum absolute atomic E-state index is 0.00861. The van der Waals surface area contributed by atoms with E-state index in [2.05, 4.69) is 10.2 Å². The smallest absolute Gasteiger partial charge is 0.263 e. The number of nitrogens with one attached hydrogen (secondary N) is 1. The first-order chi connectivity index (χ1) is 15.0. The number of nitrogens with two attached hydrogens (primary N) is 1. The Bertz CT molecular complexity index is 954. The van der Waals surface area contributed by atoms with Crippen molar-refractivity contribution in [3.63, 3.8) is 0 Å². The van der Waals surface area contributed by atoms with Crippen molar-refractivity contribution in [2.24, 2.45) is 11.7 Å². The molecule has 3 N–H and O–H groups in total. The van der Waals surface area contributed by atoms with Crippen LogP contribution in [-0.2, 0) is 4.79 Å². The molecule has 1 aromatic carbocycles. The number of carbonyl (C=O) groups is 3. The van der Waals surface area contributed by atoms with Crippen LogP contribution in [0.25, 0.3) is 0 Å². The van der Waals surface area contributed by atoms with E-state index in [1.165, 1.54) is 17.8 Å². The van der Waals surface area contributed by atoms with Crippen molar-refractivity contribution in [2.75, 3.05) is 36.4 Å². The minimum atomic E-state index is -0.464. The molecular formula is C23H28N4O3S. The Morgan fingerprint density at radius 3 is 2.55 bits per heavy atom. The highest BCUT2D eigenvalue weighted by Gasteiger charge is 2.29. The van der Waals surface area contributed by atoms with Crippen LogP contribution in [0.4, 0.5) is 11.4 Å². The Labute approximate surface area is 186 Å². The Morgan fingerprint density at radius 1 is 1.03 bits per heavy atom. The second kappa shape index (κ2) is 9.51. The fraction of sp³-hybridized carbons (Fsp3) is 0.435. The zero-order valence-corrected chi connectivity index (χ0v) is 18.3. The first-order valence-corrected chi connectivity index (χ1v) is 11.7. The molecule has 1 unspecified atom stereocenters. The largest absolute Gasteiger partial charge is 0.371 e. The molecule has 7 nitrogen and oxygen atoms in total. The predicted octanol–water partition coefficient (Wildman–Crippen LogP) is 3.33. The van der Waals surface area contributed by atoms with E-state index in [-0.39, 0.29) is 17.7 Å². The second-order valence-electron chi connectivity index (χ2n) is 8.20. The average molecular weight is 441 g/mol. The molecule has 0 aliphatic carbocycles. The summed E-state index contributed by atoms with van der Waals surface area (Å²) in [6, 6.07) is 8.94. The normalized spacial score (nSPS) is 19.2. The van der Waals surface area contributed by atoms with Gasteiger partial charge in [-0.15, -0.1) is 11.3 Å². The third kappa shape index (κ3) is 4.90. The van der Waals surface area contributed by atoms with E-state index in [0.717, 1.165) is 44.5 Å². The molecule has 0 radical (unpaired) electrons. The van der Waals surface area contributed by atoms with Gasteiger partial charge in [0, 0.05) is 31.9 Å². The van der Waals surface area contributed by atoms with E-state index in [1.807, 2.05) is 23.6 Å². The van der Waals surface area contributed by atoms with Gasteiger partial charge < -0.3 is 20.9 Å². The van der Waals surface area contributed by atoms with Crippen LogP contribution in [0.1, 0.15) is 52.1 Å². The van der Waals surface area contributed by atoms with Crippen LogP contribution in [0.5, 0.6) is 0 Å². The summed E-state index contributed by atoms with van der Waals surface area (Å²) in [7, 11) is 0. The zero-order chi connectivity index (χ0) is 21.8. The molecule has 2 saturated heterocycles. The number of rotatable bonds is 5. The number of benzene rings is 1. The summed E-state index contributed by atoms with van der Waals surface area (Å²) < 4.78 is 0. The molecule has 1 aromatic heterocycles. The molecule has 0 saturated carbocycles. The van der Waals surface area contributed by atoms with Gasteiger partial charge in [-0.2, -0.15) is 0 Å². The van der Waals surface area contributed by atoms with Crippen LogP contribution in [0, 0.1) is 5.92 Å². The van der Waals surface area contributed by atoms with Crippen molar-refractivity contribution >= 4 is 40.4 Å². The monoisotopic (exact) mass is 440 g/mol. The van der Waals surface area contributed by atoms with Crippen LogP contribution in [-0.4, -0.2) is 48.8 Å². The standard InChI is InChI=1S/C23H28N4O3S/c24-21(28)18-9-8-17(14-19(18)26-10-2-1-3-11-26)25-22(29)16-6-4-12-27(15-16)23(30)20-7-5-13-31-20/h5,7-9,13-14,16H,1-4,6,10-12,15H2,(H2,24,28)(H,25,29). The second-order valence-corrected chi connectivity index (χ2v) is 9.15. The van der Waals surface area contributed by atoms with Gasteiger partial charge in [0.2, 0.25) is 5.91 Å². The number of thiophene rings is 1. The lowest BCUT2D eigenvalue weighted by atomic mass is 9.96. The molecule has 3 amide bonds. The molecule has 2 aliphatic rings. The molecule has 3 heterocycles. The Balaban J connectivity index is 1.46. The summed E-state index contributed by atoms with van der Waals surface area (Å²) >= 11 is 1.42. The molecule has 2 aromatic rings. The van der Waals surface area contributed by atoms with E-state index in [4.69, 9.17) is 5.73 Å². The van der Waals surface area contributed by atoms with E-state index in [9.17, 15) is 14.4 Å². The average Bonchev–Trinajstić information content (AvgIpc) is 3.34. The lowest BCUT2D eigenvalue weighted by Gasteiger charge is -2.32. The fourth-order valence-electron chi connectivity index (χ4n) is 4.39. The molecule has 2 fully saturated rings. The number of anilines is 2. The zero-order valence-electron chi connectivity index (χ0n) is 17.5. The summed E-state index contributed by atoms with van der Waals surface area (Å²) in [4.78, 5) is 42.2. The van der Waals surface area contributed by atoms with Crippen LogP contribution in [0.2, 0.25) is 0 Å². The molecule has 8 heteroatoms.